The molecule has 1 amide bonds. The predicted octanol–water partition coefficient (Wildman–Crippen LogP) is 1.51. The molecule has 1 aliphatic rings. The molecule has 1 atom stereocenters. The molecule has 0 bridgehead atoms. The minimum absolute atomic E-state index is 0. The van der Waals surface area contributed by atoms with Crippen LogP contribution in [0.2, 0.25) is 0 Å². The molecule has 1 unspecified atom stereocenters. The number of aromatic amines is 1. The van der Waals surface area contributed by atoms with Gasteiger partial charge in [-0.3, -0.25) is 19.4 Å². The molecule has 2 aromatic heterocycles. The van der Waals surface area contributed by atoms with Crippen molar-refractivity contribution in [1.82, 2.24) is 20.1 Å². The van der Waals surface area contributed by atoms with Crippen molar-refractivity contribution in [2.45, 2.75) is 45.6 Å². The Balaban J connectivity index is 0.00000169. The van der Waals surface area contributed by atoms with E-state index in [1.54, 1.807) is 11.7 Å². The van der Waals surface area contributed by atoms with Gasteiger partial charge in [-0.1, -0.05) is 0 Å². The molecular weight excluding hydrogens is 377 g/mol. The van der Waals surface area contributed by atoms with Gasteiger partial charge in [-0.05, 0) is 50.2 Å². The lowest BCUT2D eigenvalue weighted by Crippen LogP contribution is -2.38. The van der Waals surface area contributed by atoms with E-state index in [0.717, 1.165) is 16.8 Å². The van der Waals surface area contributed by atoms with Gasteiger partial charge in [0, 0.05) is 31.7 Å². The molecule has 2 heterocycles. The standard InChI is InChI=1S/C17H25N5O2.2ClH/c1-9-12(6-7-14(23)19-8-13(18)11-4-5-11)10(2)20-16-15(9)17(24)21-22(16)3;;/h11,13H,4-8,18H2,1-3H3,(H,19,23)(H,21,24);2*1H. The van der Waals surface area contributed by atoms with E-state index >= 15 is 0 Å². The molecule has 1 fully saturated rings. The third kappa shape index (κ3) is 4.58. The van der Waals surface area contributed by atoms with Gasteiger partial charge >= 0.3 is 0 Å². The van der Waals surface area contributed by atoms with E-state index in [2.05, 4.69) is 15.4 Å². The summed E-state index contributed by atoms with van der Waals surface area (Å²) in [4.78, 5) is 28.6. The highest BCUT2D eigenvalue weighted by atomic mass is 35.5. The highest BCUT2D eigenvalue weighted by molar-refractivity contribution is 5.85. The lowest BCUT2D eigenvalue weighted by molar-refractivity contribution is -0.121. The first-order valence-corrected chi connectivity index (χ1v) is 8.45. The molecule has 2 aromatic rings. The number of H-pyrrole nitrogens is 1. The number of halogens is 2. The zero-order chi connectivity index (χ0) is 17.4. The third-order valence-corrected chi connectivity index (χ3v) is 4.94. The molecule has 7 nitrogen and oxygen atoms in total. The maximum atomic E-state index is 12.1. The average Bonchev–Trinajstić information content (AvgIpc) is 3.32. The van der Waals surface area contributed by atoms with Gasteiger partial charge in [0.2, 0.25) is 5.91 Å². The number of pyridine rings is 1. The Morgan fingerprint density at radius 1 is 1.38 bits per heavy atom. The van der Waals surface area contributed by atoms with Crippen molar-refractivity contribution in [3.8, 4) is 0 Å². The molecule has 1 saturated carbocycles. The van der Waals surface area contributed by atoms with Crippen LogP contribution in [0.5, 0.6) is 0 Å². The lowest BCUT2D eigenvalue weighted by atomic mass is 10.00. The predicted molar refractivity (Wildman–Crippen MR) is 107 cm³/mol. The van der Waals surface area contributed by atoms with Crippen molar-refractivity contribution in [2.75, 3.05) is 6.54 Å². The summed E-state index contributed by atoms with van der Waals surface area (Å²) >= 11 is 0. The number of rotatable bonds is 6. The van der Waals surface area contributed by atoms with E-state index in [-0.39, 0.29) is 42.3 Å². The molecule has 0 aromatic carbocycles. The number of amides is 1. The van der Waals surface area contributed by atoms with E-state index in [0.29, 0.717) is 36.3 Å². The van der Waals surface area contributed by atoms with Crippen LogP contribution < -0.4 is 16.6 Å². The summed E-state index contributed by atoms with van der Waals surface area (Å²) in [6.07, 6.45) is 3.29. The summed E-state index contributed by atoms with van der Waals surface area (Å²) in [7, 11) is 1.77. The van der Waals surface area contributed by atoms with Crippen LogP contribution in [0, 0.1) is 19.8 Å². The molecule has 9 heteroatoms. The fraction of sp³-hybridized carbons (Fsp3) is 0.588. The topological polar surface area (TPSA) is 106 Å². The number of hydrogen-bond donors (Lipinski definition) is 3. The fourth-order valence-corrected chi connectivity index (χ4v) is 3.27. The van der Waals surface area contributed by atoms with E-state index in [1.807, 2.05) is 13.8 Å². The Bertz CT molecular complexity index is 842. The van der Waals surface area contributed by atoms with E-state index in [1.165, 1.54) is 12.8 Å². The third-order valence-electron chi connectivity index (χ3n) is 4.94. The van der Waals surface area contributed by atoms with Gasteiger partial charge in [-0.15, -0.1) is 24.8 Å². The maximum absolute atomic E-state index is 12.1. The molecule has 0 aliphatic heterocycles. The number of aryl methyl sites for hydroxylation is 3. The molecule has 1 aliphatic carbocycles. The van der Waals surface area contributed by atoms with Gasteiger partial charge in [0.05, 0.1) is 5.39 Å². The fourth-order valence-electron chi connectivity index (χ4n) is 3.27. The Morgan fingerprint density at radius 3 is 2.65 bits per heavy atom. The van der Waals surface area contributed by atoms with Crippen LogP contribution in [0.1, 0.15) is 36.1 Å². The van der Waals surface area contributed by atoms with E-state index in [4.69, 9.17) is 5.73 Å². The Labute approximate surface area is 164 Å². The smallest absolute Gasteiger partial charge is 0.273 e. The van der Waals surface area contributed by atoms with Gasteiger partial charge < -0.3 is 11.1 Å². The van der Waals surface area contributed by atoms with Crippen LogP contribution in [-0.4, -0.2) is 33.3 Å². The molecule has 146 valence electrons. The molecule has 0 spiro atoms. The zero-order valence-corrected chi connectivity index (χ0v) is 16.9. The van der Waals surface area contributed by atoms with Crippen molar-refractivity contribution in [3.05, 3.63) is 27.2 Å². The molecule has 0 radical (unpaired) electrons. The highest BCUT2D eigenvalue weighted by Crippen LogP contribution is 2.31. The number of carbonyl (C=O) groups excluding carboxylic acids is 1. The molecule has 4 N–H and O–H groups in total. The minimum Gasteiger partial charge on any atom is -0.355 e. The minimum atomic E-state index is -0.140. The first-order chi connectivity index (χ1) is 11.4. The Morgan fingerprint density at radius 2 is 2.04 bits per heavy atom. The monoisotopic (exact) mass is 403 g/mol. The van der Waals surface area contributed by atoms with Crippen molar-refractivity contribution < 1.29 is 4.79 Å². The van der Waals surface area contributed by atoms with Crippen molar-refractivity contribution in [1.29, 1.82) is 0 Å². The summed E-state index contributed by atoms with van der Waals surface area (Å²) in [5.74, 6) is 0.568. The number of fused-ring (bicyclic) bond motifs is 1. The highest BCUT2D eigenvalue weighted by Gasteiger charge is 2.28. The first kappa shape index (κ1) is 22.5. The Kier molecular flexibility index (Phi) is 7.68. The SMILES string of the molecule is Cc1nc2c(c(C)c1CCC(=O)NCC(N)C1CC1)c(=O)[nH]n2C.Cl.Cl. The van der Waals surface area contributed by atoms with Gasteiger partial charge in [0.15, 0.2) is 5.65 Å². The summed E-state index contributed by atoms with van der Waals surface area (Å²) < 4.78 is 1.63. The van der Waals surface area contributed by atoms with Crippen LogP contribution >= 0.6 is 24.8 Å². The summed E-state index contributed by atoms with van der Waals surface area (Å²) in [6.45, 7) is 4.37. The van der Waals surface area contributed by atoms with Crippen LogP contribution in [-0.2, 0) is 18.3 Å². The zero-order valence-electron chi connectivity index (χ0n) is 15.3. The number of hydrogen-bond acceptors (Lipinski definition) is 4. The molecule has 3 rings (SSSR count). The Hall–Kier alpha value is -1.57. The second-order valence-electron chi connectivity index (χ2n) is 6.80. The van der Waals surface area contributed by atoms with Gasteiger partial charge in [0.25, 0.3) is 5.56 Å². The molecule has 0 saturated heterocycles. The number of nitrogens with two attached hydrogens (primary N) is 1. The second-order valence-corrected chi connectivity index (χ2v) is 6.80. The van der Waals surface area contributed by atoms with Crippen LogP contribution in [0.15, 0.2) is 4.79 Å². The van der Waals surface area contributed by atoms with Crippen LogP contribution in [0.4, 0.5) is 0 Å². The maximum Gasteiger partial charge on any atom is 0.273 e. The number of nitrogens with zero attached hydrogens (tertiary/aromatic N) is 2. The van der Waals surface area contributed by atoms with Crippen LogP contribution in [0.25, 0.3) is 11.0 Å². The molecular formula is C17H27Cl2N5O2. The van der Waals surface area contributed by atoms with Crippen molar-refractivity contribution in [3.63, 3.8) is 0 Å². The lowest BCUT2D eigenvalue weighted by Gasteiger charge is -2.13. The summed E-state index contributed by atoms with van der Waals surface area (Å²) in [5.41, 5.74) is 9.25. The van der Waals surface area contributed by atoms with Gasteiger partial charge in [0.1, 0.15) is 0 Å². The largest absolute Gasteiger partial charge is 0.355 e. The van der Waals surface area contributed by atoms with E-state index < -0.39 is 0 Å². The van der Waals surface area contributed by atoms with Crippen LogP contribution in [0.3, 0.4) is 0 Å². The normalized spacial score (nSPS) is 14.5. The van der Waals surface area contributed by atoms with Crippen molar-refractivity contribution in [2.24, 2.45) is 18.7 Å². The number of carbonyl (C=O) groups is 1. The number of nitrogens with one attached hydrogen (secondary N) is 2. The molecule has 26 heavy (non-hydrogen) atoms. The van der Waals surface area contributed by atoms with E-state index in [9.17, 15) is 9.59 Å². The van der Waals surface area contributed by atoms with Crippen molar-refractivity contribution >= 4 is 41.8 Å². The summed E-state index contributed by atoms with van der Waals surface area (Å²) in [6, 6.07) is 0.0679. The van der Waals surface area contributed by atoms with Gasteiger partial charge in [-0.25, -0.2) is 4.98 Å². The number of aromatic nitrogens is 3. The quantitative estimate of drug-likeness (QED) is 0.679. The second kappa shape index (κ2) is 8.88. The average molecular weight is 404 g/mol. The summed E-state index contributed by atoms with van der Waals surface area (Å²) in [5, 5.41) is 6.25. The van der Waals surface area contributed by atoms with Gasteiger partial charge in [-0.2, -0.15) is 0 Å². The first-order valence-electron chi connectivity index (χ1n) is 8.45.